The van der Waals surface area contributed by atoms with Gasteiger partial charge in [0.2, 0.25) is 11.0 Å². The molecular weight excluding hydrogens is 388 g/mol. The Hall–Kier alpha value is -3.26. The molecule has 2 aromatic carbocycles. The summed E-state index contributed by atoms with van der Waals surface area (Å²) in [6.07, 6.45) is 0.720. The van der Waals surface area contributed by atoms with Crippen LogP contribution in [-0.4, -0.2) is 36.1 Å². The molecule has 7 nitrogen and oxygen atoms in total. The van der Waals surface area contributed by atoms with Gasteiger partial charge in [0, 0.05) is 16.8 Å². The molecule has 2 heterocycles. The van der Waals surface area contributed by atoms with Crippen molar-refractivity contribution in [2.24, 2.45) is 5.10 Å². The van der Waals surface area contributed by atoms with E-state index in [0.29, 0.717) is 22.3 Å². The number of methoxy groups -OCH3 is 2. The summed E-state index contributed by atoms with van der Waals surface area (Å²) in [5, 5.41) is 18.8. The Bertz CT molecular complexity index is 1060. The Balaban J connectivity index is 1.93. The van der Waals surface area contributed by atoms with Crippen molar-refractivity contribution in [2.75, 3.05) is 25.0 Å². The topological polar surface area (TPSA) is 93.2 Å². The molecule has 1 unspecified atom stereocenters. The van der Waals surface area contributed by atoms with Crippen molar-refractivity contribution >= 4 is 27.9 Å². The molecule has 0 saturated carbocycles. The number of thiazole rings is 1. The molecule has 8 heteroatoms. The zero-order chi connectivity index (χ0) is 20.5. The second kappa shape index (κ2) is 7.63. The molecule has 3 N–H and O–H groups in total. The molecule has 3 aromatic rings. The largest absolute Gasteiger partial charge is 0.493 e. The first kappa shape index (κ1) is 19.1. The van der Waals surface area contributed by atoms with Crippen molar-refractivity contribution < 1.29 is 14.6 Å². The van der Waals surface area contributed by atoms with Crippen LogP contribution in [0.15, 0.2) is 46.9 Å². The number of anilines is 2. The molecule has 1 atom stereocenters. The highest BCUT2D eigenvalue weighted by atomic mass is 32.1. The van der Waals surface area contributed by atoms with Gasteiger partial charge in [0.15, 0.2) is 11.5 Å². The van der Waals surface area contributed by atoms with Crippen molar-refractivity contribution in [1.82, 2.24) is 4.98 Å². The molecule has 0 radical (unpaired) electrons. The summed E-state index contributed by atoms with van der Waals surface area (Å²) in [5.41, 5.74) is 10.3. The van der Waals surface area contributed by atoms with Gasteiger partial charge in [-0.15, -0.1) is 0 Å². The van der Waals surface area contributed by atoms with Crippen LogP contribution >= 0.6 is 11.3 Å². The smallest absolute Gasteiger partial charge is 0.223 e. The predicted molar refractivity (Wildman–Crippen MR) is 115 cm³/mol. The van der Waals surface area contributed by atoms with Crippen molar-refractivity contribution in [3.63, 3.8) is 0 Å². The Morgan fingerprint density at radius 1 is 1.14 bits per heavy atom. The van der Waals surface area contributed by atoms with Gasteiger partial charge in [0.25, 0.3) is 0 Å². The number of hydrogen-bond donors (Lipinski definition) is 2. The SMILES string of the molecule is COc1cc2c(cc1OC)C(c1ccc(N)cc1)=NN(c1nc(O)cs1)C(C)C2. The molecular formula is C21H22N4O3S. The average molecular weight is 410 g/mol. The van der Waals surface area contributed by atoms with Crippen LogP contribution in [0.25, 0.3) is 0 Å². The summed E-state index contributed by atoms with van der Waals surface area (Å²) >= 11 is 1.35. The summed E-state index contributed by atoms with van der Waals surface area (Å²) in [4.78, 5) is 4.22. The first-order valence-corrected chi connectivity index (χ1v) is 10.0. The van der Waals surface area contributed by atoms with Gasteiger partial charge in [-0.25, -0.2) is 5.01 Å². The molecule has 0 aliphatic carbocycles. The van der Waals surface area contributed by atoms with E-state index in [-0.39, 0.29) is 11.9 Å². The van der Waals surface area contributed by atoms with E-state index in [1.807, 2.05) is 41.4 Å². The summed E-state index contributed by atoms with van der Waals surface area (Å²) in [6.45, 7) is 2.08. The highest BCUT2D eigenvalue weighted by Gasteiger charge is 2.27. The van der Waals surface area contributed by atoms with E-state index < -0.39 is 0 Å². The molecule has 1 aliphatic heterocycles. The van der Waals surface area contributed by atoms with Gasteiger partial charge in [-0.2, -0.15) is 10.1 Å². The molecule has 0 saturated heterocycles. The summed E-state index contributed by atoms with van der Waals surface area (Å²) in [6, 6.07) is 11.6. The van der Waals surface area contributed by atoms with Crippen molar-refractivity contribution in [3.05, 3.63) is 58.5 Å². The lowest BCUT2D eigenvalue weighted by Gasteiger charge is -2.22. The van der Waals surface area contributed by atoms with Gasteiger partial charge in [-0.05, 0) is 43.2 Å². The Morgan fingerprint density at radius 3 is 2.45 bits per heavy atom. The normalized spacial score (nSPS) is 16.0. The zero-order valence-electron chi connectivity index (χ0n) is 16.4. The van der Waals surface area contributed by atoms with Gasteiger partial charge in [-0.3, -0.25) is 0 Å². The fourth-order valence-corrected chi connectivity index (χ4v) is 4.16. The van der Waals surface area contributed by atoms with Crippen LogP contribution < -0.4 is 20.2 Å². The quantitative estimate of drug-likeness (QED) is 0.638. The fourth-order valence-electron chi connectivity index (χ4n) is 3.42. The Morgan fingerprint density at radius 2 is 1.83 bits per heavy atom. The van der Waals surface area contributed by atoms with E-state index in [1.54, 1.807) is 19.6 Å². The Labute approximate surface area is 173 Å². The lowest BCUT2D eigenvalue weighted by Crippen LogP contribution is -2.29. The molecule has 29 heavy (non-hydrogen) atoms. The molecule has 0 fully saturated rings. The van der Waals surface area contributed by atoms with E-state index in [0.717, 1.165) is 28.8 Å². The van der Waals surface area contributed by atoms with E-state index in [4.69, 9.17) is 20.3 Å². The summed E-state index contributed by atoms with van der Waals surface area (Å²) in [7, 11) is 3.25. The number of hydrogen-bond acceptors (Lipinski definition) is 8. The second-order valence-electron chi connectivity index (χ2n) is 6.82. The molecule has 4 rings (SSSR count). The van der Waals surface area contributed by atoms with Gasteiger partial charge in [-0.1, -0.05) is 23.5 Å². The number of hydrazone groups is 1. The van der Waals surface area contributed by atoms with Crippen LogP contribution in [0.4, 0.5) is 10.8 Å². The van der Waals surface area contributed by atoms with Crippen molar-refractivity contribution in [1.29, 1.82) is 0 Å². The second-order valence-corrected chi connectivity index (χ2v) is 7.66. The first-order chi connectivity index (χ1) is 14.0. The molecule has 1 aromatic heterocycles. The number of rotatable bonds is 4. The van der Waals surface area contributed by atoms with Gasteiger partial charge >= 0.3 is 0 Å². The minimum absolute atomic E-state index is 0.00784. The van der Waals surface area contributed by atoms with E-state index in [1.165, 1.54) is 11.3 Å². The van der Waals surface area contributed by atoms with Gasteiger partial charge < -0.3 is 20.3 Å². The van der Waals surface area contributed by atoms with Crippen molar-refractivity contribution in [2.45, 2.75) is 19.4 Å². The van der Waals surface area contributed by atoms with E-state index in [9.17, 15) is 5.11 Å². The molecule has 0 spiro atoms. The van der Waals surface area contributed by atoms with E-state index in [2.05, 4.69) is 11.9 Å². The number of benzene rings is 2. The van der Waals surface area contributed by atoms with Crippen LogP contribution in [0.3, 0.4) is 0 Å². The third-order valence-corrected chi connectivity index (χ3v) is 5.68. The number of aromatic nitrogens is 1. The van der Waals surface area contributed by atoms with Crippen LogP contribution in [0.1, 0.15) is 23.6 Å². The minimum atomic E-state index is -0.00784. The Kier molecular flexibility index (Phi) is 5.02. The number of nitrogens with zero attached hydrogens (tertiary/aromatic N) is 3. The fraction of sp³-hybridized carbons (Fsp3) is 0.238. The van der Waals surface area contributed by atoms with Crippen LogP contribution in [-0.2, 0) is 6.42 Å². The third-order valence-electron chi connectivity index (χ3n) is 4.87. The maximum atomic E-state index is 9.74. The minimum Gasteiger partial charge on any atom is -0.493 e. The van der Waals surface area contributed by atoms with E-state index >= 15 is 0 Å². The number of nitrogens with two attached hydrogens (primary N) is 1. The molecule has 0 bridgehead atoms. The van der Waals surface area contributed by atoms with Crippen molar-refractivity contribution in [3.8, 4) is 17.4 Å². The summed E-state index contributed by atoms with van der Waals surface area (Å²) < 4.78 is 11.0. The van der Waals surface area contributed by atoms with Gasteiger partial charge in [0.05, 0.1) is 31.4 Å². The number of ether oxygens (including phenoxy) is 2. The average Bonchev–Trinajstić information content (AvgIpc) is 3.09. The predicted octanol–water partition coefficient (Wildman–Crippen LogP) is 3.65. The highest BCUT2D eigenvalue weighted by Crippen LogP contribution is 2.36. The third kappa shape index (κ3) is 3.58. The van der Waals surface area contributed by atoms with Crippen LogP contribution in [0.2, 0.25) is 0 Å². The number of nitrogen functional groups attached to an aromatic ring is 1. The summed E-state index contributed by atoms with van der Waals surface area (Å²) in [5.74, 6) is 1.31. The maximum Gasteiger partial charge on any atom is 0.223 e. The monoisotopic (exact) mass is 410 g/mol. The molecule has 150 valence electrons. The maximum absolute atomic E-state index is 9.74. The van der Waals surface area contributed by atoms with Crippen LogP contribution in [0.5, 0.6) is 17.4 Å². The lowest BCUT2D eigenvalue weighted by molar-refractivity contribution is 0.354. The number of fused-ring (bicyclic) bond motifs is 1. The van der Waals surface area contributed by atoms with Crippen LogP contribution in [0, 0.1) is 0 Å². The zero-order valence-corrected chi connectivity index (χ0v) is 17.2. The molecule has 1 aliphatic rings. The number of aromatic hydroxyl groups is 1. The standard InChI is InChI=1S/C21H22N4O3S/c1-12-8-14-9-17(27-2)18(28-3)10-16(14)20(13-4-6-15(22)7-5-13)24-25(12)21-23-19(26)11-29-21/h4-7,9-12,26H,8,22H2,1-3H3. The first-order valence-electron chi connectivity index (χ1n) is 9.13. The molecule has 0 amide bonds. The van der Waals surface area contributed by atoms with Gasteiger partial charge in [0.1, 0.15) is 0 Å². The highest BCUT2D eigenvalue weighted by molar-refractivity contribution is 7.13. The lowest BCUT2D eigenvalue weighted by atomic mass is 9.94.